The summed E-state index contributed by atoms with van der Waals surface area (Å²) in [7, 11) is 0. The maximum atomic E-state index is 11.1. The number of aliphatic hydroxyl groups excluding tert-OH is 2. The van der Waals surface area contributed by atoms with Gasteiger partial charge in [0, 0.05) is 0 Å². The monoisotopic (exact) mass is 223 g/mol. The molecule has 2 atom stereocenters. The average Bonchev–Trinajstić information content (AvgIpc) is 2.26. The summed E-state index contributed by atoms with van der Waals surface area (Å²) in [5.74, 6) is 0.345. The van der Waals surface area contributed by atoms with Gasteiger partial charge in [-0.2, -0.15) is 0 Å². The largest absolute Gasteiger partial charge is 0.482 e. The highest BCUT2D eigenvalue weighted by atomic mass is 16.5. The zero-order valence-corrected chi connectivity index (χ0v) is 8.80. The number of hydrogen-bond acceptors (Lipinski definition) is 4. The van der Waals surface area contributed by atoms with Crippen molar-refractivity contribution in [3.05, 3.63) is 23.8 Å². The molecule has 0 aromatic heterocycles. The zero-order chi connectivity index (χ0) is 11.7. The Bertz CT molecular complexity index is 416. The van der Waals surface area contributed by atoms with Gasteiger partial charge in [0.1, 0.15) is 11.9 Å². The normalized spacial score (nSPS) is 18.1. The summed E-state index contributed by atoms with van der Waals surface area (Å²) in [5, 5.41) is 21.6. The lowest BCUT2D eigenvalue weighted by Gasteiger charge is -2.20. The molecule has 3 N–H and O–H groups in total. The van der Waals surface area contributed by atoms with Gasteiger partial charge in [0.25, 0.3) is 5.91 Å². The minimum atomic E-state index is -0.968. The molecule has 16 heavy (non-hydrogen) atoms. The van der Waals surface area contributed by atoms with Crippen LogP contribution >= 0.6 is 0 Å². The van der Waals surface area contributed by atoms with Crippen LogP contribution in [0.25, 0.3) is 0 Å². The minimum Gasteiger partial charge on any atom is -0.482 e. The number of anilines is 1. The molecule has 0 fully saturated rings. The first kappa shape index (κ1) is 10.9. The molecular weight excluding hydrogens is 210 g/mol. The first-order valence-electron chi connectivity index (χ1n) is 5.00. The summed E-state index contributed by atoms with van der Waals surface area (Å²) >= 11 is 0. The zero-order valence-electron chi connectivity index (χ0n) is 8.80. The van der Waals surface area contributed by atoms with Gasteiger partial charge >= 0.3 is 0 Å². The molecule has 1 heterocycles. The van der Waals surface area contributed by atoms with Crippen LogP contribution in [0.3, 0.4) is 0 Å². The van der Waals surface area contributed by atoms with E-state index in [0.717, 1.165) is 0 Å². The second kappa shape index (κ2) is 4.11. The summed E-state index contributed by atoms with van der Waals surface area (Å²) in [6, 6.07) is 4.92. The van der Waals surface area contributed by atoms with E-state index in [1.165, 1.54) is 6.92 Å². The van der Waals surface area contributed by atoms with Gasteiger partial charge < -0.3 is 20.3 Å². The van der Waals surface area contributed by atoms with Crippen molar-refractivity contribution in [2.75, 3.05) is 11.9 Å². The van der Waals surface area contributed by atoms with Gasteiger partial charge in [0.05, 0.1) is 11.8 Å². The van der Waals surface area contributed by atoms with Crippen molar-refractivity contribution < 1.29 is 19.7 Å². The van der Waals surface area contributed by atoms with Crippen LogP contribution in [0.15, 0.2) is 18.2 Å². The van der Waals surface area contributed by atoms with Crippen LogP contribution in [0.1, 0.15) is 18.6 Å². The van der Waals surface area contributed by atoms with E-state index in [1.807, 2.05) is 0 Å². The van der Waals surface area contributed by atoms with Crippen LogP contribution in [0.4, 0.5) is 5.69 Å². The van der Waals surface area contributed by atoms with Gasteiger partial charge in [0.15, 0.2) is 6.61 Å². The highest BCUT2D eigenvalue weighted by molar-refractivity contribution is 5.95. The van der Waals surface area contributed by atoms with Gasteiger partial charge in [-0.15, -0.1) is 0 Å². The first-order valence-corrected chi connectivity index (χ1v) is 5.00. The number of rotatable bonds is 2. The van der Waals surface area contributed by atoms with Crippen molar-refractivity contribution in [2.24, 2.45) is 0 Å². The average molecular weight is 223 g/mol. The Morgan fingerprint density at radius 3 is 2.88 bits per heavy atom. The van der Waals surface area contributed by atoms with Crippen molar-refractivity contribution >= 4 is 11.6 Å². The second-order valence-electron chi connectivity index (χ2n) is 3.78. The third kappa shape index (κ3) is 2.00. The van der Waals surface area contributed by atoms with Crippen LogP contribution < -0.4 is 10.1 Å². The topological polar surface area (TPSA) is 78.8 Å². The number of carbonyl (C=O) groups excluding carboxylic acids is 1. The lowest BCUT2D eigenvalue weighted by Crippen LogP contribution is -2.25. The molecule has 1 aliphatic rings. The Morgan fingerprint density at radius 1 is 1.44 bits per heavy atom. The Labute approximate surface area is 92.7 Å². The maximum absolute atomic E-state index is 11.1. The van der Waals surface area contributed by atoms with Crippen molar-refractivity contribution in [2.45, 2.75) is 19.1 Å². The minimum absolute atomic E-state index is 0.00526. The third-order valence-electron chi connectivity index (χ3n) is 2.43. The highest BCUT2D eigenvalue weighted by Gasteiger charge is 2.19. The summed E-state index contributed by atoms with van der Waals surface area (Å²) < 4.78 is 5.17. The van der Waals surface area contributed by atoms with E-state index >= 15 is 0 Å². The van der Waals surface area contributed by atoms with E-state index in [4.69, 9.17) is 4.74 Å². The van der Waals surface area contributed by atoms with Gasteiger partial charge in [-0.1, -0.05) is 6.07 Å². The Balaban J connectivity index is 2.31. The number of hydrogen-bond donors (Lipinski definition) is 3. The Morgan fingerprint density at radius 2 is 2.19 bits per heavy atom. The summed E-state index contributed by atoms with van der Waals surface area (Å²) in [6.45, 7) is 1.50. The number of aliphatic hydroxyl groups is 2. The number of ether oxygens (including phenoxy) is 1. The fraction of sp³-hybridized carbons (Fsp3) is 0.364. The van der Waals surface area contributed by atoms with Gasteiger partial charge in [-0.05, 0) is 24.6 Å². The van der Waals surface area contributed by atoms with Crippen LogP contribution in [-0.4, -0.2) is 28.8 Å². The Kier molecular flexibility index (Phi) is 2.80. The summed E-state index contributed by atoms with van der Waals surface area (Å²) in [6.07, 6.45) is -1.83. The number of benzene rings is 1. The quantitative estimate of drug-likeness (QED) is 0.679. The van der Waals surface area contributed by atoms with Crippen molar-refractivity contribution in [3.63, 3.8) is 0 Å². The molecule has 2 rings (SSSR count). The molecule has 0 radical (unpaired) electrons. The summed E-state index contributed by atoms with van der Waals surface area (Å²) in [4.78, 5) is 11.1. The number of amides is 1. The third-order valence-corrected chi connectivity index (χ3v) is 2.43. The molecular formula is C11H13NO4. The molecule has 0 bridgehead atoms. The standard InChI is InChI=1S/C11H13NO4/c1-6(13)11(15)7-2-3-9-8(4-7)12-10(14)5-16-9/h2-4,6,11,13,15H,5H2,1H3,(H,12,14). The molecule has 0 aliphatic carbocycles. The predicted octanol–water partition coefficient (Wildman–Crippen LogP) is 0.432. The van der Waals surface area contributed by atoms with Crippen LogP contribution in [0.5, 0.6) is 5.75 Å². The van der Waals surface area contributed by atoms with E-state index in [2.05, 4.69) is 5.32 Å². The smallest absolute Gasteiger partial charge is 0.262 e. The van der Waals surface area contributed by atoms with E-state index in [0.29, 0.717) is 17.0 Å². The lowest BCUT2D eigenvalue weighted by atomic mass is 10.0. The molecule has 86 valence electrons. The molecule has 1 aliphatic heterocycles. The van der Waals surface area contributed by atoms with Crippen molar-refractivity contribution in [1.29, 1.82) is 0 Å². The molecule has 0 saturated heterocycles. The van der Waals surface area contributed by atoms with Gasteiger partial charge in [-0.25, -0.2) is 0 Å². The molecule has 1 aromatic carbocycles. The fourth-order valence-corrected chi connectivity index (χ4v) is 1.56. The molecule has 5 nitrogen and oxygen atoms in total. The van der Waals surface area contributed by atoms with Gasteiger partial charge in [-0.3, -0.25) is 4.79 Å². The first-order chi connectivity index (χ1) is 7.58. The maximum Gasteiger partial charge on any atom is 0.262 e. The molecule has 0 spiro atoms. The van der Waals surface area contributed by atoms with E-state index in [-0.39, 0.29) is 12.5 Å². The molecule has 0 saturated carbocycles. The highest BCUT2D eigenvalue weighted by Crippen LogP contribution is 2.31. The van der Waals surface area contributed by atoms with E-state index in [9.17, 15) is 15.0 Å². The van der Waals surface area contributed by atoms with Crippen LogP contribution in [0.2, 0.25) is 0 Å². The van der Waals surface area contributed by atoms with E-state index < -0.39 is 12.2 Å². The SMILES string of the molecule is CC(O)C(O)c1ccc2c(c1)NC(=O)CO2. The van der Waals surface area contributed by atoms with Crippen LogP contribution in [-0.2, 0) is 4.79 Å². The molecule has 5 heteroatoms. The molecule has 1 aromatic rings. The van der Waals surface area contributed by atoms with E-state index in [1.54, 1.807) is 18.2 Å². The predicted molar refractivity (Wildman–Crippen MR) is 57.2 cm³/mol. The summed E-state index contributed by atoms with van der Waals surface area (Å²) in [5.41, 5.74) is 1.06. The second-order valence-corrected chi connectivity index (χ2v) is 3.78. The number of fused-ring (bicyclic) bond motifs is 1. The van der Waals surface area contributed by atoms with Crippen molar-refractivity contribution in [1.82, 2.24) is 0 Å². The number of carbonyl (C=O) groups is 1. The fourth-order valence-electron chi connectivity index (χ4n) is 1.56. The van der Waals surface area contributed by atoms with Crippen LogP contribution in [0, 0.1) is 0 Å². The van der Waals surface area contributed by atoms with Gasteiger partial charge in [0.2, 0.25) is 0 Å². The Hall–Kier alpha value is -1.59. The lowest BCUT2D eigenvalue weighted by molar-refractivity contribution is -0.118. The van der Waals surface area contributed by atoms with Crippen molar-refractivity contribution in [3.8, 4) is 5.75 Å². The number of nitrogens with one attached hydrogen (secondary N) is 1. The molecule has 2 unspecified atom stereocenters. The molecule has 1 amide bonds.